The summed E-state index contributed by atoms with van der Waals surface area (Å²) in [4.78, 5) is 10.9. The van der Waals surface area contributed by atoms with Crippen molar-refractivity contribution in [3.8, 4) is 17.5 Å². The molecule has 2 N–H and O–H groups in total. The van der Waals surface area contributed by atoms with E-state index in [1.807, 2.05) is 33.9 Å². The summed E-state index contributed by atoms with van der Waals surface area (Å²) >= 11 is 0. The summed E-state index contributed by atoms with van der Waals surface area (Å²) in [6.45, 7) is 9.41. The number of nitrogens with one attached hydrogen (secondary N) is 1. The maximum atomic E-state index is 13.6. The summed E-state index contributed by atoms with van der Waals surface area (Å²) in [6, 6.07) is 10.1. The molecule has 0 aliphatic carbocycles. The second kappa shape index (κ2) is 10.7. The lowest BCUT2D eigenvalue weighted by Gasteiger charge is -2.38. The highest BCUT2D eigenvalue weighted by atomic mass is 32.2. The first-order valence-corrected chi connectivity index (χ1v) is 16.9. The van der Waals surface area contributed by atoms with Gasteiger partial charge in [0.15, 0.2) is 18.2 Å². The van der Waals surface area contributed by atoms with Crippen molar-refractivity contribution >= 4 is 23.8 Å². The first-order chi connectivity index (χ1) is 17.8. The Bertz CT molecular complexity index is 1470. The van der Waals surface area contributed by atoms with Gasteiger partial charge in [-0.1, -0.05) is 20.8 Å². The van der Waals surface area contributed by atoms with Gasteiger partial charge in [0.2, 0.25) is 11.8 Å². The Morgan fingerprint density at radius 3 is 2.26 bits per heavy atom. The van der Waals surface area contributed by atoms with E-state index in [9.17, 15) is 26.4 Å². The highest BCUT2D eigenvalue weighted by molar-refractivity contribution is 7.90. The molecule has 0 fully saturated rings. The number of nitrogens with zero attached hydrogens (tertiary/aromatic N) is 3. The Morgan fingerprint density at radius 1 is 1.13 bits per heavy atom. The number of hydrogen-bond donors (Lipinski definition) is 2. The van der Waals surface area contributed by atoms with Gasteiger partial charge in [0.1, 0.15) is 6.04 Å². The van der Waals surface area contributed by atoms with Crippen molar-refractivity contribution in [1.29, 1.82) is 5.26 Å². The molecule has 2 aromatic carbocycles. The lowest BCUT2D eigenvalue weighted by molar-refractivity contribution is -0.137. The van der Waals surface area contributed by atoms with Gasteiger partial charge < -0.3 is 14.5 Å². The van der Waals surface area contributed by atoms with E-state index < -0.39 is 46.5 Å². The largest absolute Gasteiger partial charge is 0.432 e. The minimum absolute atomic E-state index is 0.105. The molecule has 0 spiro atoms. The molecule has 39 heavy (non-hydrogen) atoms. The van der Waals surface area contributed by atoms with E-state index in [0.717, 1.165) is 18.4 Å². The number of anilines is 1. The number of nitriles is 1. The number of rotatable bonds is 9. The van der Waals surface area contributed by atoms with Crippen LogP contribution in [-0.4, -0.2) is 38.0 Å². The third-order valence-corrected chi connectivity index (χ3v) is 11.7. The van der Waals surface area contributed by atoms with E-state index in [1.165, 1.54) is 30.3 Å². The van der Waals surface area contributed by atoms with Crippen LogP contribution in [0.5, 0.6) is 0 Å². The second-order valence-corrected chi connectivity index (χ2v) is 17.3. The van der Waals surface area contributed by atoms with E-state index in [1.54, 1.807) is 6.07 Å². The van der Waals surface area contributed by atoms with Gasteiger partial charge in [-0.2, -0.15) is 18.4 Å². The smallest absolute Gasteiger partial charge is 0.417 e. The average molecular weight is 581 g/mol. The number of alkyl halides is 3. The predicted molar refractivity (Wildman–Crippen MR) is 143 cm³/mol. The van der Waals surface area contributed by atoms with Crippen molar-refractivity contribution in [3.05, 3.63) is 59.5 Å². The fraction of sp³-hybridized carbons (Fsp3) is 0.423. The van der Waals surface area contributed by atoms with Crippen LogP contribution in [-0.2, 0) is 16.0 Å². The highest BCUT2D eigenvalue weighted by Gasteiger charge is 2.41. The van der Waals surface area contributed by atoms with Crippen LogP contribution in [0, 0.1) is 17.2 Å². The molecule has 0 saturated carbocycles. The number of halogens is 3. The van der Waals surface area contributed by atoms with Crippen LogP contribution in [0.1, 0.15) is 50.3 Å². The molecule has 0 bridgehead atoms. The van der Waals surface area contributed by atoms with Crippen LogP contribution in [0.25, 0.3) is 11.5 Å². The molecule has 0 radical (unpaired) electrons. The SMILES string of the molecule is C[C@@H](CC(C)(C)[Si](C)(C)O)C(Nc1ccc(C#N)c(C(F)(F)F)c1)c1nnc(-c2ccc(S(C)(=O)=O)cc2)o1. The van der Waals surface area contributed by atoms with Gasteiger partial charge in [-0.05, 0) is 72.9 Å². The second-order valence-electron chi connectivity index (χ2n) is 10.9. The summed E-state index contributed by atoms with van der Waals surface area (Å²) in [5, 5.41) is 20.0. The van der Waals surface area contributed by atoms with Gasteiger partial charge in [-0.3, -0.25) is 0 Å². The van der Waals surface area contributed by atoms with Gasteiger partial charge in [-0.25, -0.2) is 8.42 Å². The van der Waals surface area contributed by atoms with Crippen molar-refractivity contribution in [2.75, 3.05) is 11.6 Å². The zero-order chi connectivity index (χ0) is 29.4. The summed E-state index contributed by atoms with van der Waals surface area (Å²) in [5.41, 5.74) is -0.990. The van der Waals surface area contributed by atoms with Crippen molar-refractivity contribution < 1.29 is 30.8 Å². The number of sulfone groups is 1. The molecule has 2 atom stereocenters. The van der Waals surface area contributed by atoms with E-state index >= 15 is 0 Å². The summed E-state index contributed by atoms with van der Waals surface area (Å²) in [5.74, 6) is -0.0726. The van der Waals surface area contributed by atoms with Crippen molar-refractivity contribution in [2.24, 2.45) is 5.92 Å². The van der Waals surface area contributed by atoms with Crippen LogP contribution in [0.3, 0.4) is 0 Å². The first kappa shape index (κ1) is 30.3. The zero-order valence-electron chi connectivity index (χ0n) is 22.5. The molecular weight excluding hydrogens is 549 g/mol. The Hall–Kier alpha value is -3.21. The van der Waals surface area contributed by atoms with Gasteiger partial charge in [0.05, 0.1) is 22.1 Å². The monoisotopic (exact) mass is 580 g/mol. The quantitative estimate of drug-likeness (QED) is 0.287. The Morgan fingerprint density at radius 2 is 1.74 bits per heavy atom. The molecule has 8 nitrogen and oxygen atoms in total. The predicted octanol–water partition coefficient (Wildman–Crippen LogP) is 6.19. The van der Waals surface area contributed by atoms with Crippen molar-refractivity contribution in [3.63, 3.8) is 0 Å². The number of hydrogen-bond acceptors (Lipinski definition) is 8. The minimum Gasteiger partial charge on any atom is -0.432 e. The molecule has 0 aliphatic rings. The van der Waals surface area contributed by atoms with Gasteiger partial charge in [0, 0.05) is 17.5 Å². The Balaban J connectivity index is 2.03. The molecule has 0 saturated heterocycles. The lowest BCUT2D eigenvalue weighted by atomic mass is 9.90. The molecule has 3 rings (SSSR count). The van der Waals surface area contributed by atoms with E-state index in [0.29, 0.717) is 12.0 Å². The minimum atomic E-state index is -4.73. The Labute approximate surface area is 226 Å². The molecule has 3 aromatic rings. The zero-order valence-corrected chi connectivity index (χ0v) is 24.3. The molecule has 1 aromatic heterocycles. The summed E-state index contributed by atoms with van der Waals surface area (Å²) < 4.78 is 70.3. The Kier molecular flexibility index (Phi) is 8.36. The molecular formula is C26H31F3N4O4SSi. The fourth-order valence-corrected chi connectivity index (χ4v) is 5.54. The molecule has 13 heteroatoms. The normalized spacial score (nSPS) is 14.5. The third-order valence-electron chi connectivity index (χ3n) is 7.06. The van der Waals surface area contributed by atoms with Crippen LogP contribution in [0.2, 0.25) is 18.1 Å². The molecule has 1 unspecified atom stereocenters. The van der Waals surface area contributed by atoms with Gasteiger partial charge in [0.25, 0.3) is 0 Å². The fourth-order valence-electron chi connectivity index (χ4n) is 4.09. The molecule has 0 amide bonds. The van der Waals surface area contributed by atoms with Crippen LogP contribution < -0.4 is 5.32 Å². The molecule has 1 heterocycles. The van der Waals surface area contributed by atoms with Crippen LogP contribution >= 0.6 is 0 Å². The van der Waals surface area contributed by atoms with Gasteiger partial charge >= 0.3 is 6.18 Å². The topological polar surface area (TPSA) is 129 Å². The highest BCUT2D eigenvalue weighted by Crippen LogP contribution is 2.45. The maximum absolute atomic E-state index is 13.6. The number of aromatic nitrogens is 2. The molecule has 0 aliphatic heterocycles. The van der Waals surface area contributed by atoms with E-state index in [2.05, 4.69) is 15.5 Å². The number of benzene rings is 2. The summed E-state index contributed by atoms with van der Waals surface area (Å²) in [7, 11) is -6.03. The first-order valence-electron chi connectivity index (χ1n) is 12.1. The van der Waals surface area contributed by atoms with Gasteiger partial charge in [-0.15, -0.1) is 10.2 Å². The summed E-state index contributed by atoms with van der Waals surface area (Å²) in [6.07, 6.45) is -3.15. The van der Waals surface area contributed by atoms with Crippen molar-refractivity contribution in [1.82, 2.24) is 10.2 Å². The molecule has 210 valence electrons. The average Bonchev–Trinajstić information content (AvgIpc) is 3.30. The van der Waals surface area contributed by atoms with E-state index in [-0.39, 0.29) is 28.3 Å². The third kappa shape index (κ3) is 7.06. The van der Waals surface area contributed by atoms with Crippen LogP contribution in [0.15, 0.2) is 51.8 Å². The van der Waals surface area contributed by atoms with Crippen molar-refractivity contribution in [2.45, 2.75) is 62.4 Å². The van der Waals surface area contributed by atoms with Crippen LogP contribution in [0.4, 0.5) is 18.9 Å². The standard InChI is InChI=1S/C26H31F3N4O4SSi/c1-16(14-25(2,3)39(5,6)36)22(31-19-10-7-18(15-30)21(13-19)26(27,28)29)24-33-32-23(37-24)17-8-11-20(12-9-17)38(4,34)35/h7-13,16,22,31,36H,14H2,1-6H3/t16-,22?/m0/s1. The maximum Gasteiger partial charge on any atom is 0.417 e. The van der Waals surface area contributed by atoms with E-state index in [4.69, 9.17) is 9.68 Å². The lowest BCUT2D eigenvalue weighted by Crippen LogP contribution is -2.41.